The van der Waals surface area contributed by atoms with Crippen molar-refractivity contribution in [3.05, 3.63) is 48.5 Å². The molecule has 0 spiro atoms. The molecule has 1 fully saturated rings. The quantitative estimate of drug-likeness (QED) is 0.797. The second-order valence-corrected chi connectivity index (χ2v) is 6.04. The van der Waals surface area contributed by atoms with Gasteiger partial charge in [0.2, 0.25) is 0 Å². The third-order valence-electron chi connectivity index (χ3n) is 4.21. The van der Waals surface area contributed by atoms with Crippen LogP contribution in [0.25, 0.3) is 11.0 Å². The molecule has 24 heavy (non-hydrogen) atoms. The van der Waals surface area contributed by atoms with Crippen LogP contribution in [0.5, 0.6) is 0 Å². The number of para-hydroxylation sites is 1. The number of anilines is 1. The highest BCUT2D eigenvalue weighted by Crippen LogP contribution is 2.20. The lowest BCUT2D eigenvalue weighted by Gasteiger charge is -2.22. The number of nitrogens with zero attached hydrogens (tertiary/aromatic N) is 2. The molecule has 3 aromatic rings. The molecule has 0 bridgehead atoms. The van der Waals surface area contributed by atoms with Gasteiger partial charge in [0.25, 0.3) is 5.91 Å². The summed E-state index contributed by atoms with van der Waals surface area (Å²) in [4.78, 5) is 12.3. The number of aromatic nitrogens is 2. The fourth-order valence-electron chi connectivity index (χ4n) is 2.97. The van der Waals surface area contributed by atoms with E-state index in [2.05, 4.69) is 10.4 Å². The van der Waals surface area contributed by atoms with Crippen molar-refractivity contribution in [1.29, 1.82) is 0 Å². The topological polar surface area (TPSA) is 69.3 Å². The van der Waals surface area contributed by atoms with E-state index in [0.717, 1.165) is 24.8 Å². The number of furan rings is 1. The highest BCUT2D eigenvalue weighted by atomic mass is 16.5. The molecule has 1 aliphatic rings. The summed E-state index contributed by atoms with van der Waals surface area (Å²) in [6.45, 7) is 1.53. The van der Waals surface area contributed by atoms with Crippen molar-refractivity contribution in [3.63, 3.8) is 0 Å². The zero-order chi connectivity index (χ0) is 16.4. The molecule has 1 aliphatic heterocycles. The lowest BCUT2D eigenvalue weighted by molar-refractivity contribution is 0.00401. The van der Waals surface area contributed by atoms with Gasteiger partial charge in [-0.15, -0.1) is 0 Å². The molecule has 0 aliphatic carbocycles. The molecule has 0 unspecified atom stereocenters. The number of nitrogens with one attached hydrogen (secondary N) is 1. The number of hydrogen-bond acceptors (Lipinski definition) is 4. The van der Waals surface area contributed by atoms with Crippen LogP contribution in [-0.2, 0) is 11.3 Å². The summed E-state index contributed by atoms with van der Waals surface area (Å²) in [6.07, 6.45) is 7.05. The first-order valence-electron chi connectivity index (χ1n) is 8.22. The molecule has 1 aromatic carbocycles. The highest BCUT2D eigenvalue weighted by molar-refractivity contribution is 6.04. The number of ether oxygens (including phenoxy) is 1. The Labute approximate surface area is 139 Å². The van der Waals surface area contributed by atoms with Gasteiger partial charge in [0.1, 0.15) is 5.58 Å². The lowest BCUT2D eigenvalue weighted by atomic mass is 10.1. The summed E-state index contributed by atoms with van der Waals surface area (Å²) < 4.78 is 13.1. The van der Waals surface area contributed by atoms with Gasteiger partial charge in [-0.3, -0.25) is 9.48 Å². The molecule has 1 N–H and O–H groups in total. The van der Waals surface area contributed by atoms with Crippen LogP contribution in [0.3, 0.4) is 0 Å². The Kier molecular flexibility index (Phi) is 4.04. The van der Waals surface area contributed by atoms with Crippen LogP contribution in [0.2, 0.25) is 0 Å². The summed E-state index contributed by atoms with van der Waals surface area (Å²) in [6, 6.07) is 9.29. The van der Waals surface area contributed by atoms with Crippen LogP contribution in [-0.4, -0.2) is 28.4 Å². The summed E-state index contributed by atoms with van der Waals surface area (Å²) in [5, 5.41) is 8.02. The molecular formula is C18H19N3O3. The first kappa shape index (κ1) is 15.0. The molecule has 6 heteroatoms. The van der Waals surface area contributed by atoms with Crippen molar-refractivity contribution in [2.45, 2.75) is 31.9 Å². The number of hydrogen-bond donors (Lipinski definition) is 1. The second kappa shape index (κ2) is 6.49. The van der Waals surface area contributed by atoms with E-state index in [4.69, 9.17) is 9.15 Å². The van der Waals surface area contributed by atoms with Crippen LogP contribution in [0, 0.1) is 0 Å². The Morgan fingerprint density at radius 2 is 2.25 bits per heavy atom. The number of benzene rings is 1. The first-order chi connectivity index (χ1) is 11.8. The van der Waals surface area contributed by atoms with Crippen molar-refractivity contribution in [2.75, 3.05) is 11.9 Å². The Balaban J connectivity index is 1.42. The fourth-order valence-corrected chi connectivity index (χ4v) is 2.97. The fraction of sp³-hybridized carbons (Fsp3) is 0.333. The molecule has 124 valence electrons. The van der Waals surface area contributed by atoms with Crippen LogP contribution >= 0.6 is 0 Å². The average Bonchev–Trinajstić information content (AvgIpc) is 3.22. The van der Waals surface area contributed by atoms with Gasteiger partial charge in [0.15, 0.2) is 5.76 Å². The summed E-state index contributed by atoms with van der Waals surface area (Å²) in [5.41, 5.74) is 1.35. The maximum absolute atomic E-state index is 12.3. The first-order valence-corrected chi connectivity index (χ1v) is 8.22. The van der Waals surface area contributed by atoms with Crippen LogP contribution in [0.4, 0.5) is 5.69 Å². The monoisotopic (exact) mass is 325 g/mol. The van der Waals surface area contributed by atoms with Crippen molar-refractivity contribution in [2.24, 2.45) is 0 Å². The van der Waals surface area contributed by atoms with E-state index < -0.39 is 0 Å². The van der Waals surface area contributed by atoms with Gasteiger partial charge in [-0.25, -0.2) is 0 Å². The van der Waals surface area contributed by atoms with Crippen LogP contribution in [0.1, 0.15) is 29.8 Å². The van der Waals surface area contributed by atoms with E-state index in [9.17, 15) is 4.79 Å². The minimum Gasteiger partial charge on any atom is -0.451 e. The smallest absolute Gasteiger partial charge is 0.291 e. The molecule has 1 atom stereocenters. The summed E-state index contributed by atoms with van der Waals surface area (Å²) in [7, 11) is 0. The molecule has 0 radical (unpaired) electrons. The zero-order valence-corrected chi connectivity index (χ0v) is 13.3. The summed E-state index contributed by atoms with van der Waals surface area (Å²) >= 11 is 0. The molecule has 0 saturated carbocycles. The SMILES string of the molecule is O=C(Nc1cnn(C[C@H]2CCCCO2)c1)c1cc2ccccc2o1. The molecule has 3 heterocycles. The van der Waals surface area contributed by atoms with E-state index in [-0.39, 0.29) is 12.0 Å². The van der Waals surface area contributed by atoms with Gasteiger partial charge in [-0.05, 0) is 31.4 Å². The number of rotatable bonds is 4. The van der Waals surface area contributed by atoms with E-state index in [0.29, 0.717) is 23.6 Å². The third kappa shape index (κ3) is 3.19. The number of amides is 1. The Bertz CT molecular complexity index is 813. The normalized spacial score (nSPS) is 17.9. The predicted octanol–water partition coefficient (Wildman–Crippen LogP) is 3.45. The highest BCUT2D eigenvalue weighted by Gasteiger charge is 2.16. The number of fused-ring (bicyclic) bond motifs is 1. The molecular weight excluding hydrogens is 306 g/mol. The second-order valence-electron chi connectivity index (χ2n) is 6.04. The van der Waals surface area contributed by atoms with Gasteiger partial charge >= 0.3 is 0 Å². The predicted molar refractivity (Wildman–Crippen MR) is 90.0 cm³/mol. The van der Waals surface area contributed by atoms with Crippen molar-refractivity contribution in [1.82, 2.24) is 9.78 Å². The van der Waals surface area contributed by atoms with Crippen LogP contribution in [0.15, 0.2) is 47.1 Å². The minimum atomic E-state index is -0.278. The number of carbonyl (C=O) groups excluding carboxylic acids is 1. The molecule has 2 aromatic heterocycles. The number of carbonyl (C=O) groups is 1. The van der Waals surface area contributed by atoms with Gasteiger partial charge in [0, 0.05) is 18.2 Å². The Morgan fingerprint density at radius 1 is 1.33 bits per heavy atom. The zero-order valence-electron chi connectivity index (χ0n) is 13.3. The largest absolute Gasteiger partial charge is 0.451 e. The molecule has 1 amide bonds. The van der Waals surface area contributed by atoms with Gasteiger partial charge in [-0.1, -0.05) is 18.2 Å². The van der Waals surface area contributed by atoms with Crippen molar-refractivity contribution < 1.29 is 13.9 Å². The molecule has 4 rings (SSSR count). The maximum atomic E-state index is 12.3. The average molecular weight is 325 g/mol. The van der Waals surface area contributed by atoms with E-state index >= 15 is 0 Å². The Hall–Kier alpha value is -2.60. The maximum Gasteiger partial charge on any atom is 0.291 e. The minimum absolute atomic E-state index is 0.206. The van der Waals surface area contributed by atoms with Crippen molar-refractivity contribution >= 4 is 22.6 Å². The van der Waals surface area contributed by atoms with E-state index in [1.807, 2.05) is 35.1 Å². The standard InChI is InChI=1S/C18H19N3O3/c22-18(17-9-13-5-1-2-7-16(13)24-17)20-14-10-19-21(11-14)12-15-6-3-4-8-23-15/h1-2,5,7,9-11,15H,3-4,6,8,12H2,(H,20,22)/t15-/m1/s1. The Morgan fingerprint density at radius 3 is 3.08 bits per heavy atom. The van der Waals surface area contributed by atoms with E-state index in [1.165, 1.54) is 6.42 Å². The molecule has 1 saturated heterocycles. The van der Waals surface area contributed by atoms with Gasteiger partial charge in [-0.2, -0.15) is 5.10 Å². The van der Waals surface area contributed by atoms with E-state index in [1.54, 1.807) is 12.3 Å². The summed E-state index contributed by atoms with van der Waals surface area (Å²) in [5.74, 6) is 0.0132. The van der Waals surface area contributed by atoms with Gasteiger partial charge in [0.05, 0.1) is 24.5 Å². The van der Waals surface area contributed by atoms with Gasteiger partial charge < -0.3 is 14.5 Å². The third-order valence-corrected chi connectivity index (χ3v) is 4.21. The van der Waals surface area contributed by atoms with Crippen molar-refractivity contribution in [3.8, 4) is 0 Å². The lowest BCUT2D eigenvalue weighted by Crippen LogP contribution is -2.24. The van der Waals surface area contributed by atoms with Crippen LogP contribution < -0.4 is 5.32 Å². The molecule has 6 nitrogen and oxygen atoms in total.